The van der Waals surface area contributed by atoms with Gasteiger partial charge in [0.15, 0.2) is 0 Å². The maximum absolute atomic E-state index is 6.22. The molecule has 0 saturated heterocycles. The Balaban J connectivity index is 1.22. The molecule has 232 valence electrons. The van der Waals surface area contributed by atoms with Crippen LogP contribution in [0, 0.1) is 0 Å². The molecule has 2 heteroatoms. The van der Waals surface area contributed by atoms with Crippen molar-refractivity contribution < 1.29 is 4.42 Å². The average Bonchev–Trinajstić information content (AvgIpc) is 3.48. The lowest BCUT2D eigenvalue weighted by molar-refractivity contribution is 0.366. The summed E-state index contributed by atoms with van der Waals surface area (Å²) in [4.78, 5) is 2.43. The van der Waals surface area contributed by atoms with E-state index in [1.54, 1.807) is 0 Å². The van der Waals surface area contributed by atoms with Crippen LogP contribution >= 0.6 is 0 Å². The lowest BCUT2D eigenvalue weighted by Crippen LogP contribution is -2.29. The average molecular weight is 604 g/mol. The first-order chi connectivity index (χ1) is 22.8. The molecule has 2 nitrogen and oxygen atoms in total. The maximum Gasteiger partial charge on any atom is 0.135 e. The third kappa shape index (κ3) is 5.53. The van der Waals surface area contributed by atoms with Gasteiger partial charge in [-0.1, -0.05) is 124 Å². The lowest BCUT2D eigenvalue weighted by atomic mass is 9.67. The third-order valence-corrected chi connectivity index (χ3v) is 11.1. The van der Waals surface area contributed by atoms with Crippen LogP contribution in [0.4, 0.5) is 17.1 Å². The predicted molar refractivity (Wildman–Crippen MR) is 194 cm³/mol. The number of anilines is 3. The fraction of sp³-hybridized carbons (Fsp3) is 0.318. The summed E-state index contributed by atoms with van der Waals surface area (Å²) in [7, 11) is 0. The van der Waals surface area contributed by atoms with Crippen molar-refractivity contribution in [2.24, 2.45) is 0 Å². The van der Waals surface area contributed by atoms with Gasteiger partial charge in [-0.15, -0.1) is 0 Å². The second kappa shape index (κ2) is 12.8. The number of hydrogen-bond acceptors (Lipinski definition) is 2. The lowest BCUT2D eigenvalue weighted by Gasteiger charge is -2.37. The second-order valence-corrected chi connectivity index (χ2v) is 13.8. The number of hydrogen-bond donors (Lipinski definition) is 0. The van der Waals surface area contributed by atoms with Crippen LogP contribution in [0.2, 0.25) is 0 Å². The Bertz CT molecular complexity index is 1890. The molecule has 0 unspecified atom stereocenters. The van der Waals surface area contributed by atoms with E-state index in [4.69, 9.17) is 4.42 Å². The molecule has 0 amide bonds. The van der Waals surface area contributed by atoms with Crippen molar-refractivity contribution in [3.63, 3.8) is 0 Å². The van der Waals surface area contributed by atoms with E-state index in [9.17, 15) is 0 Å². The summed E-state index contributed by atoms with van der Waals surface area (Å²) in [5.74, 6) is 0.696. The smallest absolute Gasteiger partial charge is 0.135 e. The SMILES string of the molecule is c1ccc(C2(c3ccc(N(c4ccc(C5CCCCC5)cc4)c4ccc5oc6ccccc6c5c4)cc3)CCCCCCC2)cc1. The van der Waals surface area contributed by atoms with Crippen molar-refractivity contribution in [1.29, 1.82) is 0 Å². The van der Waals surface area contributed by atoms with E-state index in [2.05, 4.69) is 120 Å². The summed E-state index contributed by atoms with van der Waals surface area (Å²) < 4.78 is 6.22. The Morgan fingerprint density at radius 2 is 1.04 bits per heavy atom. The molecule has 2 fully saturated rings. The molecule has 8 rings (SSSR count). The number of rotatable bonds is 6. The number of fused-ring (bicyclic) bond motifs is 3. The summed E-state index contributed by atoms with van der Waals surface area (Å²) in [5.41, 5.74) is 9.89. The third-order valence-electron chi connectivity index (χ3n) is 11.1. The fourth-order valence-corrected chi connectivity index (χ4v) is 8.57. The largest absolute Gasteiger partial charge is 0.456 e. The molecular weight excluding hydrogens is 558 g/mol. The van der Waals surface area contributed by atoms with Crippen molar-refractivity contribution in [1.82, 2.24) is 0 Å². The Morgan fingerprint density at radius 1 is 0.478 bits per heavy atom. The predicted octanol–water partition coefficient (Wildman–Crippen LogP) is 13.1. The summed E-state index contributed by atoms with van der Waals surface area (Å²) in [5, 5.41) is 2.32. The van der Waals surface area contributed by atoms with Gasteiger partial charge in [0.05, 0.1) is 0 Å². The molecule has 2 aliphatic carbocycles. The quantitative estimate of drug-likeness (QED) is 0.188. The minimum Gasteiger partial charge on any atom is -0.456 e. The second-order valence-electron chi connectivity index (χ2n) is 13.8. The molecule has 5 aromatic carbocycles. The molecular formula is C44H45NO. The highest BCUT2D eigenvalue weighted by molar-refractivity contribution is 6.06. The highest BCUT2D eigenvalue weighted by atomic mass is 16.3. The van der Waals surface area contributed by atoms with Gasteiger partial charge in [-0.05, 0) is 96.8 Å². The summed E-state index contributed by atoms with van der Waals surface area (Å²) >= 11 is 0. The van der Waals surface area contributed by atoms with E-state index >= 15 is 0 Å². The van der Waals surface area contributed by atoms with Crippen LogP contribution in [-0.4, -0.2) is 0 Å². The number of furan rings is 1. The van der Waals surface area contributed by atoms with E-state index < -0.39 is 0 Å². The van der Waals surface area contributed by atoms with Crippen LogP contribution in [0.5, 0.6) is 0 Å². The molecule has 46 heavy (non-hydrogen) atoms. The standard InChI is InChI=1S/C44H45NO/c1-2-12-30-44(31-13-3-1,35-16-8-5-9-17-35)36-22-26-38(27-23-36)45(37-24-20-34(21-25-37)33-14-6-4-7-15-33)39-28-29-43-41(32-39)40-18-10-11-19-42(40)46-43/h5,8-11,16-29,32-33H,1-4,6-7,12-15,30-31H2. The summed E-state index contributed by atoms with van der Waals surface area (Å²) in [6.07, 6.45) is 15.8. The molecule has 1 aromatic heterocycles. The first-order valence-electron chi connectivity index (χ1n) is 17.8. The molecule has 2 aliphatic rings. The van der Waals surface area contributed by atoms with Gasteiger partial charge < -0.3 is 9.32 Å². The van der Waals surface area contributed by atoms with Crippen LogP contribution in [0.1, 0.15) is 99.7 Å². The minimum absolute atomic E-state index is 0.0707. The zero-order valence-corrected chi connectivity index (χ0v) is 27.0. The van der Waals surface area contributed by atoms with E-state index in [1.807, 2.05) is 6.07 Å². The van der Waals surface area contributed by atoms with Crippen LogP contribution in [0.25, 0.3) is 21.9 Å². The highest BCUT2D eigenvalue weighted by Crippen LogP contribution is 2.45. The number of para-hydroxylation sites is 1. The van der Waals surface area contributed by atoms with Gasteiger partial charge in [-0.3, -0.25) is 0 Å². The number of benzene rings is 5. The molecule has 0 aliphatic heterocycles. The van der Waals surface area contributed by atoms with Gasteiger partial charge in [-0.25, -0.2) is 0 Å². The van der Waals surface area contributed by atoms with Crippen molar-refractivity contribution >= 4 is 39.0 Å². The van der Waals surface area contributed by atoms with E-state index in [1.165, 1.54) is 105 Å². The van der Waals surface area contributed by atoms with Gasteiger partial charge in [0.1, 0.15) is 11.2 Å². The Kier molecular flexibility index (Phi) is 8.13. The van der Waals surface area contributed by atoms with Gasteiger partial charge in [0, 0.05) is 33.2 Å². The monoisotopic (exact) mass is 603 g/mol. The molecule has 6 aromatic rings. The Labute approximate surface area is 274 Å². The van der Waals surface area contributed by atoms with E-state index in [0.717, 1.165) is 27.6 Å². The van der Waals surface area contributed by atoms with Gasteiger partial charge >= 0.3 is 0 Å². The topological polar surface area (TPSA) is 16.4 Å². The maximum atomic E-state index is 6.22. The first-order valence-corrected chi connectivity index (χ1v) is 17.8. The van der Waals surface area contributed by atoms with Crippen LogP contribution in [-0.2, 0) is 5.41 Å². The Hall–Kier alpha value is -4.30. The van der Waals surface area contributed by atoms with Crippen molar-refractivity contribution in [2.75, 3.05) is 4.90 Å². The van der Waals surface area contributed by atoms with Crippen molar-refractivity contribution in [2.45, 2.75) is 88.4 Å². The summed E-state index contributed by atoms with van der Waals surface area (Å²) in [6.45, 7) is 0. The zero-order valence-electron chi connectivity index (χ0n) is 27.0. The molecule has 0 atom stereocenters. The first kappa shape index (κ1) is 29.1. The molecule has 2 saturated carbocycles. The van der Waals surface area contributed by atoms with Crippen LogP contribution in [0.3, 0.4) is 0 Å². The van der Waals surface area contributed by atoms with Crippen molar-refractivity contribution in [3.05, 3.63) is 138 Å². The highest BCUT2D eigenvalue weighted by Gasteiger charge is 2.34. The van der Waals surface area contributed by atoms with E-state index in [-0.39, 0.29) is 5.41 Å². The zero-order chi connectivity index (χ0) is 30.8. The Morgan fingerprint density at radius 3 is 1.78 bits per heavy atom. The summed E-state index contributed by atoms with van der Waals surface area (Å²) in [6, 6.07) is 45.4. The number of nitrogens with zero attached hydrogens (tertiary/aromatic N) is 1. The fourth-order valence-electron chi connectivity index (χ4n) is 8.57. The molecule has 0 N–H and O–H groups in total. The van der Waals surface area contributed by atoms with Crippen molar-refractivity contribution in [3.8, 4) is 0 Å². The molecule has 0 bridgehead atoms. The minimum atomic E-state index is 0.0707. The molecule has 1 heterocycles. The van der Waals surface area contributed by atoms with Crippen LogP contribution < -0.4 is 4.90 Å². The molecule has 0 radical (unpaired) electrons. The normalized spacial score (nSPS) is 17.5. The van der Waals surface area contributed by atoms with Gasteiger partial charge in [0.25, 0.3) is 0 Å². The van der Waals surface area contributed by atoms with Gasteiger partial charge in [0.2, 0.25) is 0 Å². The molecule has 0 spiro atoms. The van der Waals surface area contributed by atoms with Gasteiger partial charge in [-0.2, -0.15) is 0 Å². The van der Waals surface area contributed by atoms with E-state index in [0.29, 0.717) is 5.92 Å². The van der Waals surface area contributed by atoms with Crippen LogP contribution in [0.15, 0.2) is 126 Å².